The number of carbonyl (C=O) groups is 1. The first-order valence-corrected chi connectivity index (χ1v) is 8.94. The molecule has 0 saturated carbocycles. The molecule has 21 heavy (non-hydrogen) atoms. The molecule has 0 spiro atoms. The molecule has 0 aromatic heterocycles. The molecule has 1 unspecified atom stereocenters. The zero-order valence-corrected chi connectivity index (χ0v) is 14.3. The number of rotatable bonds is 4. The largest absolute Gasteiger partial charge is 0.379 e. The fraction of sp³-hybridized carbons (Fsp3) is 0.933. The van der Waals surface area contributed by atoms with Gasteiger partial charge in [-0.1, -0.05) is 20.8 Å². The molecule has 0 radical (unpaired) electrons. The molecule has 122 valence electrons. The third-order valence-corrected chi connectivity index (χ3v) is 5.81. The van der Waals surface area contributed by atoms with Gasteiger partial charge in [-0.3, -0.25) is 9.69 Å². The zero-order valence-electron chi connectivity index (χ0n) is 13.5. The molecule has 2 aliphatic heterocycles. The summed E-state index contributed by atoms with van der Waals surface area (Å²) in [6.45, 7) is 10.2. The minimum atomic E-state index is -0.465. The van der Waals surface area contributed by atoms with Crippen molar-refractivity contribution in [3.8, 4) is 0 Å². The van der Waals surface area contributed by atoms with Crippen molar-refractivity contribution >= 4 is 17.7 Å². The fourth-order valence-electron chi connectivity index (χ4n) is 2.89. The zero-order chi connectivity index (χ0) is 15.5. The van der Waals surface area contributed by atoms with Crippen molar-refractivity contribution in [1.29, 1.82) is 0 Å². The van der Waals surface area contributed by atoms with E-state index in [2.05, 4.69) is 10.2 Å². The van der Waals surface area contributed by atoms with Gasteiger partial charge in [0.2, 0.25) is 5.91 Å². The lowest BCUT2D eigenvalue weighted by molar-refractivity contribution is -0.125. The Hall–Kier alpha value is -0.300. The van der Waals surface area contributed by atoms with Crippen LogP contribution in [0, 0.1) is 5.41 Å². The van der Waals surface area contributed by atoms with Crippen LogP contribution in [-0.4, -0.2) is 66.7 Å². The number of nitrogens with one attached hydrogen (secondary N) is 1. The van der Waals surface area contributed by atoms with Gasteiger partial charge in [0.25, 0.3) is 0 Å². The number of hydrogen-bond acceptors (Lipinski definition) is 5. The lowest BCUT2D eigenvalue weighted by Crippen LogP contribution is -2.61. The molecule has 2 aliphatic rings. The van der Waals surface area contributed by atoms with Crippen LogP contribution in [0.3, 0.4) is 0 Å². The smallest absolute Gasteiger partial charge is 0.237 e. The van der Waals surface area contributed by atoms with Crippen LogP contribution in [0.5, 0.6) is 0 Å². The van der Waals surface area contributed by atoms with Gasteiger partial charge in [0.1, 0.15) is 0 Å². The quantitative estimate of drug-likeness (QED) is 0.799. The number of morpholine rings is 1. The lowest BCUT2D eigenvalue weighted by atomic mass is 9.86. The molecule has 0 aliphatic carbocycles. The van der Waals surface area contributed by atoms with Crippen LogP contribution < -0.4 is 11.1 Å². The summed E-state index contributed by atoms with van der Waals surface area (Å²) in [5, 5.41) is 3.11. The highest BCUT2D eigenvalue weighted by Gasteiger charge is 2.41. The van der Waals surface area contributed by atoms with Crippen molar-refractivity contribution in [1.82, 2.24) is 10.2 Å². The van der Waals surface area contributed by atoms with E-state index in [1.54, 1.807) is 0 Å². The van der Waals surface area contributed by atoms with Crippen molar-refractivity contribution in [2.75, 3.05) is 44.4 Å². The summed E-state index contributed by atoms with van der Waals surface area (Å²) >= 11 is 1.98. The topological polar surface area (TPSA) is 67.6 Å². The van der Waals surface area contributed by atoms with E-state index < -0.39 is 6.04 Å². The van der Waals surface area contributed by atoms with Gasteiger partial charge in [0.05, 0.1) is 19.3 Å². The van der Waals surface area contributed by atoms with Crippen molar-refractivity contribution in [2.24, 2.45) is 11.1 Å². The summed E-state index contributed by atoms with van der Waals surface area (Å²) in [5.41, 5.74) is 5.93. The lowest BCUT2D eigenvalue weighted by Gasteiger charge is -2.43. The van der Waals surface area contributed by atoms with Crippen molar-refractivity contribution in [3.63, 3.8) is 0 Å². The normalized spacial score (nSPS) is 29.3. The number of thioether (sulfide) groups is 1. The van der Waals surface area contributed by atoms with Crippen molar-refractivity contribution < 1.29 is 9.53 Å². The second-order valence-electron chi connectivity index (χ2n) is 7.19. The maximum atomic E-state index is 12.3. The summed E-state index contributed by atoms with van der Waals surface area (Å²) in [6, 6.07) is -0.465. The number of hydrogen-bond donors (Lipinski definition) is 2. The Morgan fingerprint density at radius 1 is 1.43 bits per heavy atom. The Balaban J connectivity index is 1.95. The summed E-state index contributed by atoms with van der Waals surface area (Å²) in [4.78, 5) is 14.8. The SMILES string of the molecule is CC(C)(C)[C@H](N)C(=O)NCC1(N2CCOCC2)CCSC1. The third-order valence-electron chi connectivity index (χ3n) is 4.57. The first kappa shape index (κ1) is 17.1. The third kappa shape index (κ3) is 4.12. The van der Waals surface area contributed by atoms with E-state index in [1.807, 2.05) is 32.5 Å². The Kier molecular flexibility index (Phi) is 5.57. The van der Waals surface area contributed by atoms with E-state index >= 15 is 0 Å². The molecule has 6 heteroatoms. The molecular weight excluding hydrogens is 286 g/mol. The molecule has 2 heterocycles. The van der Waals surface area contributed by atoms with Gasteiger partial charge in [-0.2, -0.15) is 11.8 Å². The van der Waals surface area contributed by atoms with E-state index in [9.17, 15) is 4.79 Å². The van der Waals surface area contributed by atoms with Crippen LogP contribution in [0.2, 0.25) is 0 Å². The van der Waals surface area contributed by atoms with Gasteiger partial charge in [-0.25, -0.2) is 0 Å². The van der Waals surface area contributed by atoms with Crippen LogP contribution in [0.25, 0.3) is 0 Å². The van der Waals surface area contributed by atoms with Crippen molar-refractivity contribution in [2.45, 2.75) is 38.8 Å². The van der Waals surface area contributed by atoms with Gasteiger partial charge in [0.15, 0.2) is 0 Å². The highest BCUT2D eigenvalue weighted by Crippen LogP contribution is 2.33. The van der Waals surface area contributed by atoms with Crippen LogP contribution in [0.4, 0.5) is 0 Å². The Bertz CT molecular complexity index is 358. The van der Waals surface area contributed by atoms with Crippen molar-refractivity contribution in [3.05, 3.63) is 0 Å². The number of carbonyl (C=O) groups excluding carboxylic acids is 1. The molecule has 0 aromatic rings. The predicted octanol–water partition coefficient (Wildman–Crippen LogP) is 0.684. The average molecular weight is 315 g/mol. The van der Waals surface area contributed by atoms with Crippen LogP contribution in [0.15, 0.2) is 0 Å². The molecule has 2 saturated heterocycles. The van der Waals surface area contributed by atoms with E-state index in [1.165, 1.54) is 5.75 Å². The van der Waals surface area contributed by atoms with E-state index in [-0.39, 0.29) is 16.9 Å². The molecule has 2 rings (SSSR count). The standard InChI is InChI=1S/C15H29N3O2S/c1-14(2,3)12(16)13(19)17-10-15(4-9-21-11-15)18-5-7-20-8-6-18/h12H,4-11,16H2,1-3H3,(H,17,19)/t12-,15?/m1/s1. The maximum Gasteiger partial charge on any atom is 0.237 e. The molecule has 2 fully saturated rings. The molecular formula is C15H29N3O2S. The summed E-state index contributed by atoms with van der Waals surface area (Å²) in [6.07, 6.45) is 1.13. The number of ether oxygens (including phenoxy) is 1. The van der Waals surface area contributed by atoms with Gasteiger partial charge in [-0.15, -0.1) is 0 Å². The Morgan fingerprint density at radius 2 is 2.10 bits per heavy atom. The first-order valence-electron chi connectivity index (χ1n) is 7.79. The Labute approximate surface area is 132 Å². The van der Waals surface area contributed by atoms with Crippen LogP contribution >= 0.6 is 11.8 Å². The molecule has 2 atom stereocenters. The maximum absolute atomic E-state index is 12.3. The summed E-state index contributed by atoms with van der Waals surface area (Å²) in [5.74, 6) is 2.21. The highest BCUT2D eigenvalue weighted by atomic mass is 32.2. The minimum absolute atomic E-state index is 0.0352. The van der Waals surface area contributed by atoms with Gasteiger partial charge < -0.3 is 15.8 Å². The van der Waals surface area contributed by atoms with Gasteiger partial charge in [-0.05, 0) is 17.6 Å². The molecule has 0 aromatic carbocycles. The average Bonchev–Trinajstić information content (AvgIpc) is 2.94. The predicted molar refractivity (Wildman–Crippen MR) is 87.5 cm³/mol. The van der Waals surface area contributed by atoms with E-state index in [0.29, 0.717) is 6.54 Å². The van der Waals surface area contributed by atoms with E-state index in [0.717, 1.165) is 38.5 Å². The number of nitrogens with two attached hydrogens (primary N) is 1. The van der Waals surface area contributed by atoms with E-state index in [4.69, 9.17) is 10.5 Å². The minimum Gasteiger partial charge on any atom is -0.379 e. The van der Waals surface area contributed by atoms with Crippen LogP contribution in [0.1, 0.15) is 27.2 Å². The molecule has 1 amide bonds. The summed E-state index contributed by atoms with van der Waals surface area (Å²) < 4.78 is 5.46. The summed E-state index contributed by atoms with van der Waals surface area (Å²) in [7, 11) is 0. The van der Waals surface area contributed by atoms with Crippen LogP contribution in [-0.2, 0) is 9.53 Å². The Morgan fingerprint density at radius 3 is 2.62 bits per heavy atom. The second kappa shape index (κ2) is 6.86. The second-order valence-corrected chi connectivity index (χ2v) is 8.29. The number of amides is 1. The molecule has 0 bridgehead atoms. The van der Waals surface area contributed by atoms with Gasteiger partial charge >= 0.3 is 0 Å². The monoisotopic (exact) mass is 315 g/mol. The van der Waals surface area contributed by atoms with Gasteiger partial charge in [0, 0.05) is 30.9 Å². The first-order chi connectivity index (χ1) is 9.85. The molecule has 3 N–H and O–H groups in total. The fourth-order valence-corrected chi connectivity index (χ4v) is 4.37. The number of nitrogens with zero attached hydrogens (tertiary/aromatic N) is 1. The molecule has 5 nitrogen and oxygen atoms in total. The highest BCUT2D eigenvalue weighted by molar-refractivity contribution is 7.99.